The molecule has 4 aliphatic rings. The van der Waals surface area contributed by atoms with E-state index in [1.165, 1.54) is 14.0 Å². The molecule has 13 nitrogen and oxygen atoms in total. The zero-order chi connectivity index (χ0) is 31.9. The Balaban J connectivity index is 1.66. The molecule has 0 aromatic heterocycles. The molecule has 3 N–H and O–H groups in total. The number of carbonyl (C=O) groups excluding carboxylic acids is 3. The van der Waals surface area contributed by atoms with Crippen LogP contribution in [0.5, 0.6) is 0 Å². The summed E-state index contributed by atoms with van der Waals surface area (Å²) in [4.78, 5) is 37.2. The molecule has 4 rings (SSSR count). The van der Waals surface area contributed by atoms with E-state index in [0.717, 1.165) is 25.3 Å². The summed E-state index contributed by atoms with van der Waals surface area (Å²) in [6, 6.07) is 0. The van der Waals surface area contributed by atoms with Gasteiger partial charge in [0.25, 0.3) is 0 Å². The number of hydrogen-bond donors (Lipinski definition) is 3. The molecule has 0 saturated carbocycles. The topological polar surface area (TPSA) is 177 Å². The third-order valence-corrected chi connectivity index (χ3v) is 8.51. The third-order valence-electron chi connectivity index (χ3n) is 8.51. The highest BCUT2D eigenvalue weighted by atomic mass is 16.7. The average Bonchev–Trinajstić information content (AvgIpc) is 2.97. The van der Waals surface area contributed by atoms with Crippen LogP contribution in [0.1, 0.15) is 71.6 Å². The van der Waals surface area contributed by atoms with Gasteiger partial charge in [0.1, 0.15) is 6.10 Å². The first-order valence-corrected chi connectivity index (χ1v) is 15.4. The summed E-state index contributed by atoms with van der Waals surface area (Å²) in [6.45, 7) is 2.73. The number of cyclic esters (lactones) is 1. The standard InChI is InChI=1S/C31H46O13/c1-18-7-8-29-39-10-9-24(43-29)15-23-6-4-5-22(41-23)13-21(34)14-28(36)42-26(17-32)16-25-11-20(12-27(35)38-3)30(40-19(2)33)31(18,37)44-25/h7-8,12,18,21-26,29-30,32,34,37H,4-6,9-11,13-17H2,1-3H3/b8-7+,20-12+/t18-,21+,22-,23+,24-,25?,26?,29-,30-,31-/m0/s1. The van der Waals surface area contributed by atoms with Gasteiger partial charge >= 0.3 is 17.9 Å². The number of ether oxygens (including phenoxy) is 7. The van der Waals surface area contributed by atoms with E-state index in [9.17, 15) is 29.7 Å². The molecule has 6 bridgehead atoms. The fourth-order valence-corrected chi connectivity index (χ4v) is 6.32. The van der Waals surface area contributed by atoms with Gasteiger partial charge in [0.2, 0.25) is 5.79 Å². The van der Waals surface area contributed by atoms with Crippen molar-refractivity contribution in [2.75, 3.05) is 20.3 Å². The van der Waals surface area contributed by atoms with Crippen molar-refractivity contribution in [2.45, 2.75) is 126 Å². The van der Waals surface area contributed by atoms with Crippen LogP contribution < -0.4 is 0 Å². The van der Waals surface area contributed by atoms with Crippen LogP contribution >= 0.6 is 0 Å². The van der Waals surface area contributed by atoms with E-state index in [1.807, 2.05) is 0 Å². The summed E-state index contributed by atoms with van der Waals surface area (Å²) in [5.74, 6) is -5.15. The Kier molecular flexibility index (Phi) is 12.3. The molecule has 13 heteroatoms. The van der Waals surface area contributed by atoms with E-state index in [2.05, 4.69) is 0 Å². The molecule has 0 spiro atoms. The molecule has 3 saturated heterocycles. The number of methoxy groups -OCH3 is 1. The molecular formula is C31H46O13. The number of fused-ring (bicyclic) bond motifs is 6. The maximum absolute atomic E-state index is 12.8. The first-order valence-electron chi connectivity index (χ1n) is 15.4. The summed E-state index contributed by atoms with van der Waals surface area (Å²) in [7, 11) is 1.19. The minimum Gasteiger partial charge on any atom is -0.466 e. The van der Waals surface area contributed by atoms with E-state index >= 15 is 0 Å². The molecule has 0 aliphatic carbocycles. The van der Waals surface area contributed by atoms with Crippen molar-refractivity contribution in [1.82, 2.24) is 0 Å². The molecule has 4 aliphatic heterocycles. The lowest BCUT2D eigenvalue weighted by molar-refractivity contribution is -0.306. The lowest BCUT2D eigenvalue weighted by Gasteiger charge is -2.46. The third kappa shape index (κ3) is 9.32. The van der Waals surface area contributed by atoms with Gasteiger partial charge in [-0.15, -0.1) is 0 Å². The second kappa shape index (κ2) is 15.7. The van der Waals surface area contributed by atoms with E-state index in [4.69, 9.17) is 33.2 Å². The van der Waals surface area contributed by atoms with Gasteiger partial charge in [0, 0.05) is 31.8 Å². The fraction of sp³-hybridized carbons (Fsp3) is 0.774. The fourth-order valence-electron chi connectivity index (χ4n) is 6.32. The number of esters is 3. The monoisotopic (exact) mass is 626 g/mol. The van der Waals surface area contributed by atoms with Gasteiger partial charge in [-0.2, -0.15) is 0 Å². The molecule has 248 valence electrons. The van der Waals surface area contributed by atoms with Crippen LogP contribution in [-0.4, -0.2) is 108 Å². The quantitative estimate of drug-likeness (QED) is 0.178. The summed E-state index contributed by atoms with van der Waals surface area (Å²) in [6.07, 6.45) is 2.82. The number of rotatable bonds is 3. The molecule has 0 radical (unpaired) electrons. The Labute approximate surface area is 257 Å². The minimum absolute atomic E-state index is 0.000814. The van der Waals surface area contributed by atoms with E-state index in [0.29, 0.717) is 19.4 Å². The van der Waals surface area contributed by atoms with Crippen LogP contribution in [-0.2, 0) is 47.5 Å². The smallest absolute Gasteiger partial charge is 0.330 e. The van der Waals surface area contributed by atoms with Crippen LogP contribution in [0.25, 0.3) is 0 Å². The maximum Gasteiger partial charge on any atom is 0.330 e. The van der Waals surface area contributed by atoms with Crippen LogP contribution in [0.15, 0.2) is 23.8 Å². The van der Waals surface area contributed by atoms with Crippen LogP contribution in [0.2, 0.25) is 0 Å². The van der Waals surface area contributed by atoms with Gasteiger partial charge < -0.3 is 48.5 Å². The first kappa shape index (κ1) is 34.5. The maximum atomic E-state index is 12.8. The second-order valence-corrected chi connectivity index (χ2v) is 12.1. The zero-order valence-electron chi connectivity index (χ0n) is 25.6. The Hall–Kier alpha value is -2.39. The van der Waals surface area contributed by atoms with E-state index in [-0.39, 0.29) is 49.6 Å². The van der Waals surface area contributed by atoms with Crippen molar-refractivity contribution in [3.8, 4) is 0 Å². The second-order valence-electron chi connectivity index (χ2n) is 12.1. The van der Waals surface area contributed by atoms with Crippen molar-refractivity contribution in [1.29, 1.82) is 0 Å². The predicted molar refractivity (Wildman–Crippen MR) is 152 cm³/mol. The Morgan fingerprint density at radius 1 is 1.05 bits per heavy atom. The molecule has 0 aromatic carbocycles. The first-order chi connectivity index (χ1) is 21.0. The summed E-state index contributed by atoms with van der Waals surface area (Å²) < 4.78 is 40.2. The van der Waals surface area contributed by atoms with Crippen LogP contribution in [0.4, 0.5) is 0 Å². The van der Waals surface area contributed by atoms with Gasteiger partial charge in [-0.3, -0.25) is 9.59 Å². The zero-order valence-corrected chi connectivity index (χ0v) is 25.6. The lowest BCUT2D eigenvalue weighted by atomic mass is 9.83. The van der Waals surface area contributed by atoms with Gasteiger partial charge in [-0.1, -0.05) is 13.0 Å². The van der Waals surface area contributed by atoms with Crippen LogP contribution in [0.3, 0.4) is 0 Å². The van der Waals surface area contributed by atoms with Gasteiger partial charge in [-0.05, 0) is 50.2 Å². The van der Waals surface area contributed by atoms with E-state index in [1.54, 1.807) is 19.1 Å². The molecule has 0 amide bonds. The number of aliphatic hydroxyl groups is 3. The van der Waals surface area contributed by atoms with Crippen molar-refractivity contribution >= 4 is 17.9 Å². The van der Waals surface area contributed by atoms with Crippen LogP contribution in [0, 0.1) is 5.92 Å². The van der Waals surface area contributed by atoms with Crippen molar-refractivity contribution in [2.24, 2.45) is 5.92 Å². The number of hydrogen-bond acceptors (Lipinski definition) is 13. The normalized spacial score (nSPS) is 40.7. The van der Waals surface area contributed by atoms with Crippen molar-refractivity contribution < 1.29 is 62.9 Å². The SMILES string of the molecule is COC(=O)/C=C1\CC2CC(CO)OC(=O)C[C@H](O)C[C@@H]3CCC[C@H](C[C@@H]4CCO[C@H](/C=C/[C@H](C)[C@](O)(O2)[C@H]1OC(C)=O)O4)O3. The van der Waals surface area contributed by atoms with Gasteiger partial charge in [0.15, 0.2) is 12.4 Å². The Morgan fingerprint density at radius 3 is 2.48 bits per heavy atom. The molecule has 44 heavy (non-hydrogen) atoms. The molecule has 4 heterocycles. The lowest BCUT2D eigenvalue weighted by Crippen LogP contribution is -2.58. The minimum atomic E-state index is -2.18. The Bertz CT molecular complexity index is 1060. The molecule has 2 unspecified atom stereocenters. The Morgan fingerprint density at radius 2 is 1.77 bits per heavy atom. The molecular weight excluding hydrogens is 580 g/mol. The van der Waals surface area contributed by atoms with Crippen molar-refractivity contribution in [3.05, 3.63) is 23.8 Å². The summed E-state index contributed by atoms with van der Waals surface area (Å²) in [5.41, 5.74) is 0.225. The predicted octanol–water partition coefficient (Wildman–Crippen LogP) is 1.60. The summed E-state index contributed by atoms with van der Waals surface area (Å²) >= 11 is 0. The number of aliphatic hydroxyl groups excluding tert-OH is 2. The van der Waals surface area contributed by atoms with Gasteiger partial charge in [-0.25, -0.2) is 4.79 Å². The molecule has 10 atom stereocenters. The number of carbonyl (C=O) groups is 3. The summed E-state index contributed by atoms with van der Waals surface area (Å²) in [5, 5.41) is 32.7. The average molecular weight is 627 g/mol. The molecule has 3 fully saturated rings. The van der Waals surface area contributed by atoms with Crippen molar-refractivity contribution in [3.63, 3.8) is 0 Å². The molecule has 0 aromatic rings. The van der Waals surface area contributed by atoms with Gasteiger partial charge in [0.05, 0.1) is 57.3 Å². The largest absolute Gasteiger partial charge is 0.466 e. The highest BCUT2D eigenvalue weighted by Gasteiger charge is 2.52. The van der Waals surface area contributed by atoms with E-state index < -0.39 is 66.9 Å². The highest BCUT2D eigenvalue weighted by molar-refractivity contribution is 5.83. The highest BCUT2D eigenvalue weighted by Crippen LogP contribution is 2.41.